The van der Waals surface area contributed by atoms with Crippen LogP contribution in [0.15, 0.2) is 4.79 Å². The first kappa shape index (κ1) is 27.1. The van der Waals surface area contributed by atoms with Gasteiger partial charge < -0.3 is 34.1 Å². The number of rotatable bonds is 9. The van der Waals surface area contributed by atoms with Gasteiger partial charge in [-0.05, 0) is 40.5 Å². The molecule has 9 nitrogen and oxygen atoms in total. The zero-order chi connectivity index (χ0) is 24.6. The number of aromatic amines is 1. The van der Waals surface area contributed by atoms with Gasteiger partial charge in [-0.25, -0.2) is 4.39 Å². The van der Waals surface area contributed by atoms with E-state index in [9.17, 15) is 28.9 Å². The molecule has 1 saturated heterocycles. The van der Waals surface area contributed by atoms with Crippen molar-refractivity contribution in [3.8, 4) is 0 Å². The molecule has 0 saturated carbocycles. The number of methoxy groups -OCH3 is 1. The summed E-state index contributed by atoms with van der Waals surface area (Å²) in [6, 6.07) is 0. The normalized spacial score (nSPS) is 29.3. The number of aryl methyl sites for hydroxylation is 1. The van der Waals surface area contributed by atoms with Crippen molar-refractivity contribution in [2.75, 3.05) is 7.11 Å². The topological polar surface area (TPSA) is 138 Å². The van der Waals surface area contributed by atoms with Gasteiger partial charge >= 0.3 is 7.60 Å². The third kappa shape index (κ3) is 4.87. The van der Waals surface area contributed by atoms with Crippen LogP contribution in [0, 0.1) is 19.7 Å². The smallest absolute Gasteiger partial charge is 0.359 e. The summed E-state index contributed by atoms with van der Waals surface area (Å²) in [5.74, 6) is -0.809. The molecule has 11 heteroatoms. The molecule has 7 atom stereocenters. The minimum atomic E-state index is -4.27. The van der Waals surface area contributed by atoms with Crippen molar-refractivity contribution in [2.24, 2.45) is 0 Å². The molecule has 1 aliphatic rings. The summed E-state index contributed by atoms with van der Waals surface area (Å²) in [4.78, 5) is 24.9. The number of aliphatic hydroxyl groups excluding tert-OH is 2. The van der Waals surface area contributed by atoms with Crippen LogP contribution in [0.3, 0.4) is 0 Å². The zero-order valence-electron chi connectivity index (χ0n) is 19.6. The Morgan fingerprint density at radius 1 is 1.19 bits per heavy atom. The maximum atomic E-state index is 14.8. The maximum Gasteiger partial charge on any atom is 0.359 e. The highest BCUT2D eigenvalue weighted by molar-refractivity contribution is 7.54. The number of hydrogen-bond acceptors (Lipinski definition) is 7. The molecule has 0 spiro atoms. The third-order valence-electron chi connectivity index (χ3n) is 6.68. The second kappa shape index (κ2) is 9.62. The van der Waals surface area contributed by atoms with Gasteiger partial charge in [-0.2, -0.15) is 0 Å². The van der Waals surface area contributed by atoms with E-state index < -0.39 is 54.3 Å². The lowest BCUT2D eigenvalue weighted by Crippen LogP contribution is -2.40. The van der Waals surface area contributed by atoms with E-state index in [1.54, 1.807) is 20.8 Å². The average Bonchev–Trinajstić information content (AvgIpc) is 2.99. The molecule has 0 bridgehead atoms. The maximum absolute atomic E-state index is 14.8. The highest BCUT2D eigenvalue weighted by Crippen LogP contribution is 2.60. The first-order chi connectivity index (χ1) is 14.7. The lowest BCUT2D eigenvalue weighted by Gasteiger charge is -2.39. The summed E-state index contributed by atoms with van der Waals surface area (Å²) in [6.45, 7) is 9.33. The fourth-order valence-electron chi connectivity index (χ4n) is 3.82. The fraction of sp³-hybridized carbons (Fsp3) is 0.762. The SMILES string of the molecule is CCC(C)(CC1OC(c2c(C)[nH]c(=O)c(C)c2F)C(O)C1O)OP(=O)(O)C(C)(CC)OC. The van der Waals surface area contributed by atoms with Gasteiger partial charge in [0, 0.05) is 24.8 Å². The molecule has 4 N–H and O–H groups in total. The molecule has 2 rings (SSSR count). The van der Waals surface area contributed by atoms with Gasteiger partial charge in [0.1, 0.15) is 24.1 Å². The van der Waals surface area contributed by atoms with Crippen LogP contribution in [0.1, 0.15) is 69.9 Å². The summed E-state index contributed by atoms with van der Waals surface area (Å²) >= 11 is 0. The fourth-order valence-corrected chi connectivity index (χ4v) is 5.44. The van der Waals surface area contributed by atoms with Crippen molar-refractivity contribution >= 4 is 7.60 Å². The Balaban J connectivity index is 2.33. The number of hydrogen-bond donors (Lipinski definition) is 4. The summed E-state index contributed by atoms with van der Waals surface area (Å²) in [5.41, 5.74) is -1.81. The first-order valence-electron chi connectivity index (χ1n) is 10.7. The molecule has 32 heavy (non-hydrogen) atoms. The Labute approximate surface area is 187 Å². The van der Waals surface area contributed by atoms with Crippen molar-refractivity contribution < 1.29 is 38.1 Å². The van der Waals surface area contributed by atoms with Crippen LogP contribution in [0.5, 0.6) is 0 Å². The van der Waals surface area contributed by atoms with E-state index in [1.165, 1.54) is 27.9 Å². The Morgan fingerprint density at radius 2 is 1.78 bits per heavy atom. The predicted molar refractivity (Wildman–Crippen MR) is 116 cm³/mol. The second-order valence-corrected chi connectivity index (χ2v) is 11.0. The summed E-state index contributed by atoms with van der Waals surface area (Å²) in [7, 11) is -2.94. The van der Waals surface area contributed by atoms with Crippen molar-refractivity contribution in [3.63, 3.8) is 0 Å². The van der Waals surface area contributed by atoms with E-state index in [-0.39, 0.29) is 29.7 Å². The van der Waals surface area contributed by atoms with E-state index in [0.717, 1.165) is 0 Å². The Kier molecular flexibility index (Phi) is 8.15. The van der Waals surface area contributed by atoms with E-state index in [4.69, 9.17) is 14.0 Å². The summed E-state index contributed by atoms with van der Waals surface area (Å²) < 4.78 is 44.6. The molecule has 1 aliphatic heterocycles. The largest absolute Gasteiger partial charge is 0.388 e. The Morgan fingerprint density at radius 3 is 2.28 bits per heavy atom. The lowest BCUT2D eigenvalue weighted by molar-refractivity contribution is -0.0563. The summed E-state index contributed by atoms with van der Waals surface area (Å²) in [5, 5.41) is 19.8. The van der Waals surface area contributed by atoms with Crippen LogP contribution in [0.2, 0.25) is 0 Å². The number of halogens is 1. The molecule has 1 aromatic rings. The van der Waals surface area contributed by atoms with Gasteiger partial charge in [0.2, 0.25) is 0 Å². The molecule has 0 aromatic carbocycles. The van der Waals surface area contributed by atoms with E-state index in [1.807, 2.05) is 0 Å². The number of ether oxygens (including phenoxy) is 2. The van der Waals surface area contributed by atoms with Gasteiger partial charge in [0.15, 0.2) is 5.34 Å². The monoisotopic (exact) mass is 479 g/mol. The zero-order valence-corrected chi connectivity index (χ0v) is 20.5. The summed E-state index contributed by atoms with van der Waals surface area (Å²) in [6.07, 6.45) is -4.65. The predicted octanol–water partition coefficient (Wildman–Crippen LogP) is 2.83. The van der Waals surface area contributed by atoms with Crippen LogP contribution in [-0.4, -0.2) is 56.5 Å². The first-order valence-corrected chi connectivity index (χ1v) is 12.2. The van der Waals surface area contributed by atoms with Gasteiger partial charge in [-0.15, -0.1) is 0 Å². The van der Waals surface area contributed by atoms with Gasteiger partial charge in [0.25, 0.3) is 5.56 Å². The van der Waals surface area contributed by atoms with Crippen molar-refractivity contribution in [1.29, 1.82) is 0 Å². The Bertz CT molecular complexity index is 933. The van der Waals surface area contributed by atoms with Crippen LogP contribution in [0.4, 0.5) is 4.39 Å². The van der Waals surface area contributed by atoms with E-state index in [2.05, 4.69) is 4.98 Å². The molecule has 0 radical (unpaired) electrons. The molecule has 184 valence electrons. The highest BCUT2D eigenvalue weighted by atomic mass is 31.2. The van der Waals surface area contributed by atoms with Crippen molar-refractivity contribution in [2.45, 2.75) is 96.2 Å². The van der Waals surface area contributed by atoms with Gasteiger partial charge in [-0.3, -0.25) is 9.36 Å². The lowest BCUT2D eigenvalue weighted by atomic mass is 9.92. The standard InChI is InChI=1S/C21H35FNO8P/c1-8-20(5,31-32(27,28)21(6,9-2)29-7)10-13-16(24)17(25)18(30-13)14-12(4)23-19(26)11(3)15(14)22/h13,16-18,24-25H,8-10H2,1-7H3,(H,23,26)(H,27,28). The van der Waals surface area contributed by atoms with Crippen LogP contribution < -0.4 is 5.56 Å². The molecule has 1 aromatic heterocycles. The second-order valence-electron chi connectivity index (χ2n) is 8.86. The number of H-pyrrole nitrogens is 1. The van der Waals surface area contributed by atoms with Crippen LogP contribution >= 0.6 is 7.60 Å². The number of nitrogens with one attached hydrogen (secondary N) is 1. The van der Waals surface area contributed by atoms with E-state index in [0.29, 0.717) is 6.42 Å². The van der Waals surface area contributed by atoms with Gasteiger partial charge in [-0.1, -0.05) is 13.8 Å². The van der Waals surface area contributed by atoms with Crippen molar-refractivity contribution in [3.05, 3.63) is 33.0 Å². The molecule has 0 amide bonds. The number of pyridine rings is 1. The highest BCUT2D eigenvalue weighted by Gasteiger charge is 2.51. The number of aliphatic hydroxyl groups is 2. The van der Waals surface area contributed by atoms with Crippen molar-refractivity contribution in [1.82, 2.24) is 4.98 Å². The van der Waals surface area contributed by atoms with Gasteiger partial charge in [0.05, 0.1) is 17.3 Å². The molecular weight excluding hydrogens is 444 g/mol. The minimum absolute atomic E-state index is 0.0407. The molecule has 1 fully saturated rings. The molecule has 0 aliphatic carbocycles. The van der Waals surface area contributed by atoms with E-state index >= 15 is 0 Å². The molecule has 7 unspecified atom stereocenters. The van der Waals surface area contributed by atoms with Crippen LogP contribution in [0.25, 0.3) is 0 Å². The van der Waals surface area contributed by atoms with Crippen LogP contribution in [-0.2, 0) is 18.6 Å². The molecule has 2 heterocycles. The Hall–Kier alpha value is -1.13. The number of aromatic nitrogens is 1. The average molecular weight is 479 g/mol. The minimum Gasteiger partial charge on any atom is -0.388 e. The quantitative estimate of drug-likeness (QED) is 0.397. The molecular formula is C21H35FNO8P. The third-order valence-corrected chi connectivity index (χ3v) is 9.06.